The van der Waals surface area contributed by atoms with E-state index in [0.29, 0.717) is 17.2 Å². The molecule has 3 heteroatoms. The zero-order valence-electron chi connectivity index (χ0n) is 8.44. The number of ether oxygens (including phenoxy) is 1. The van der Waals surface area contributed by atoms with E-state index >= 15 is 0 Å². The molecule has 0 fully saturated rings. The number of rotatable bonds is 4. The van der Waals surface area contributed by atoms with Crippen molar-refractivity contribution in [2.45, 2.75) is 0 Å². The Bertz CT molecular complexity index is 411. The first-order chi connectivity index (χ1) is 7.24. The number of nitrogens with zero attached hydrogens (tertiary/aromatic N) is 2. The van der Waals surface area contributed by atoms with E-state index in [1.54, 1.807) is 12.2 Å². The van der Waals surface area contributed by atoms with Crippen LogP contribution in [0.3, 0.4) is 0 Å². The van der Waals surface area contributed by atoms with Crippen molar-refractivity contribution in [1.29, 1.82) is 0 Å². The smallest absolute Gasteiger partial charge is 0.146 e. The van der Waals surface area contributed by atoms with Crippen LogP contribution in [-0.2, 0) is 4.74 Å². The fraction of sp³-hybridized carbons (Fsp3) is 0. The predicted molar refractivity (Wildman–Crippen MR) is 63.8 cm³/mol. The van der Waals surface area contributed by atoms with Gasteiger partial charge in [0.2, 0.25) is 0 Å². The fourth-order valence-corrected chi connectivity index (χ4v) is 1.13. The molecular formula is C12H12N2O. The minimum absolute atomic E-state index is 0.468. The summed E-state index contributed by atoms with van der Waals surface area (Å²) in [6.45, 7) is 14.5. The highest BCUT2D eigenvalue weighted by Gasteiger charge is 2.22. The maximum Gasteiger partial charge on any atom is 0.146 e. The van der Waals surface area contributed by atoms with Crippen molar-refractivity contribution < 1.29 is 4.74 Å². The van der Waals surface area contributed by atoms with Gasteiger partial charge in [0, 0.05) is 11.8 Å². The van der Waals surface area contributed by atoms with E-state index in [0.717, 1.165) is 5.57 Å². The predicted octanol–water partition coefficient (Wildman–Crippen LogP) is 2.77. The lowest BCUT2D eigenvalue weighted by molar-refractivity contribution is 0.358. The monoisotopic (exact) mass is 200 g/mol. The van der Waals surface area contributed by atoms with Crippen LogP contribution < -0.4 is 0 Å². The van der Waals surface area contributed by atoms with Crippen LogP contribution in [0, 0.1) is 0 Å². The number of allylic oxidation sites excluding steroid dienone is 3. The molecule has 0 amide bonds. The lowest BCUT2D eigenvalue weighted by Crippen LogP contribution is -1.98. The van der Waals surface area contributed by atoms with Gasteiger partial charge in [-0.05, 0) is 6.08 Å². The SMILES string of the molecule is C=CN=CN=C1C(=C)OC(C=C)=C1C=C. The fourth-order valence-electron chi connectivity index (χ4n) is 1.13. The third-order valence-electron chi connectivity index (χ3n) is 1.77. The van der Waals surface area contributed by atoms with Gasteiger partial charge >= 0.3 is 0 Å². The highest BCUT2D eigenvalue weighted by atomic mass is 16.5. The Labute approximate surface area is 89.2 Å². The average Bonchev–Trinajstić information content (AvgIpc) is 2.55. The minimum atomic E-state index is 0.468. The molecule has 0 bridgehead atoms. The van der Waals surface area contributed by atoms with Crippen LogP contribution in [0.25, 0.3) is 0 Å². The van der Waals surface area contributed by atoms with E-state index in [9.17, 15) is 0 Å². The first-order valence-corrected chi connectivity index (χ1v) is 4.31. The van der Waals surface area contributed by atoms with Crippen LogP contribution in [0.5, 0.6) is 0 Å². The van der Waals surface area contributed by atoms with Gasteiger partial charge in [-0.2, -0.15) is 0 Å². The average molecular weight is 200 g/mol. The Kier molecular flexibility index (Phi) is 3.57. The number of hydrogen-bond donors (Lipinski definition) is 0. The topological polar surface area (TPSA) is 34.0 Å². The largest absolute Gasteiger partial charge is 0.455 e. The highest BCUT2D eigenvalue weighted by Crippen LogP contribution is 2.25. The molecule has 1 rings (SSSR count). The lowest BCUT2D eigenvalue weighted by atomic mass is 10.1. The van der Waals surface area contributed by atoms with Crippen molar-refractivity contribution in [2.24, 2.45) is 9.98 Å². The summed E-state index contributed by atoms with van der Waals surface area (Å²) >= 11 is 0. The second kappa shape index (κ2) is 4.91. The van der Waals surface area contributed by atoms with E-state index in [2.05, 4.69) is 36.3 Å². The molecule has 0 atom stereocenters. The number of hydrogen-bond acceptors (Lipinski definition) is 2. The molecule has 0 unspecified atom stereocenters. The van der Waals surface area contributed by atoms with Crippen molar-refractivity contribution in [2.75, 3.05) is 0 Å². The summed E-state index contributed by atoms with van der Waals surface area (Å²) < 4.78 is 5.33. The summed E-state index contributed by atoms with van der Waals surface area (Å²) in [5.41, 5.74) is 1.39. The second-order valence-corrected chi connectivity index (χ2v) is 2.64. The molecule has 0 aromatic carbocycles. The third-order valence-corrected chi connectivity index (χ3v) is 1.77. The van der Waals surface area contributed by atoms with E-state index in [1.807, 2.05) is 0 Å². The molecule has 0 saturated heterocycles. The van der Waals surface area contributed by atoms with Crippen LogP contribution in [0.2, 0.25) is 0 Å². The van der Waals surface area contributed by atoms with Gasteiger partial charge in [0.25, 0.3) is 0 Å². The van der Waals surface area contributed by atoms with Gasteiger partial charge in [-0.1, -0.05) is 32.4 Å². The zero-order chi connectivity index (χ0) is 11.3. The summed E-state index contributed by atoms with van der Waals surface area (Å²) in [7, 11) is 0. The van der Waals surface area contributed by atoms with Gasteiger partial charge in [-0.15, -0.1) is 0 Å². The summed E-state index contributed by atoms with van der Waals surface area (Å²) in [5, 5.41) is 0. The van der Waals surface area contributed by atoms with E-state index in [1.165, 1.54) is 12.5 Å². The molecule has 0 saturated carbocycles. The van der Waals surface area contributed by atoms with Crippen LogP contribution in [0.4, 0.5) is 0 Å². The quantitative estimate of drug-likeness (QED) is 0.507. The Morgan fingerprint density at radius 3 is 2.40 bits per heavy atom. The van der Waals surface area contributed by atoms with Crippen LogP contribution >= 0.6 is 0 Å². The molecule has 1 heterocycles. The first-order valence-electron chi connectivity index (χ1n) is 4.31. The van der Waals surface area contributed by atoms with Crippen molar-refractivity contribution in [3.05, 3.63) is 61.8 Å². The normalized spacial score (nSPS) is 18.4. The number of aliphatic imine (C=N–C) groups is 2. The molecular weight excluding hydrogens is 188 g/mol. The van der Waals surface area contributed by atoms with Crippen molar-refractivity contribution in [3.8, 4) is 0 Å². The van der Waals surface area contributed by atoms with Gasteiger partial charge in [0.05, 0.1) is 0 Å². The lowest BCUT2D eigenvalue weighted by Gasteiger charge is -1.95. The zero-order valence-corrected chi connectivity index (χ0v) is 8.44. The van der Waals surface area contributed by atoms with Crippen molar-refractivity contribution in [1.82, 2.24) is 0 Å². The first kappa shape index (κ1) is 10.9. The molecule has 0 N–H and O–H groups in total. The Balaban J connectivity index is 3.11. The van der Waals surface area contributed by atoms with E-state index in [-0.39, 0.29) is 0 Å². The maximum atomic E-state index is 5.33. The third kappa shape index (κ3) is 2.20. The van der Waals surface area contributed by atoms with Gasteiger partial charge in [-0.3, -0.25) is 0 Å². The molecule has 0 aliphatic carbocycles. The van der Waals surface area contributed by atoms with Crippen LogP contribution in [0.15, 0.2) is 71.7 Å². The van der Waals surface area contributed by atoms with E-state index in [4.69, 9.17) is 4.74 Å². The van der Waals surface area contributed by atoms with Crippen molar-refractivity contribution in [3.63, 3.8) is 0 Å². The second-order valence-electron chi connectivity index (χ2n) is 2.64. The summed E-state index contributed by atoms with van der Waals surface area (Å²) in [6.07, 6.45) is 6.02. The molecule has 1 aliphatic rings. The highest BCUT2D eigenvalue weighted by molar-refractivity contribution is 6.17. The molecule has 0 aromatic rings. The Morgan fingerprint density at radius 1 is 1.13 bits per heavy atom. The molecule has 3 nitrogen and oxygen atoms in total. The van der Waals surface area contributed by atoms with Gasteiger partial charge < -0.3 is 4.74 Å². The molecule has 1 aliphatic heterocycles. The standard InChI is InChI=1S/C12H12N2O/c1-5-10-11(6-2)15-9(4)12(10)14-8-13-7-3/h5-8H,1-4H2. The maximum absolute atomic E-state index is 5.33. The van der Waals surface area contributed by atoms with Crippen LogP contribution in [0.1, 0.15) is 0 Å². The summed E-state index contributed by atoms with van der Waals surface area (Å²) in [5.74, 6) is 1.08. The van der Waals surface area contributed by atoms with Gasteiger partial charge in [0.1, 0.15) is 23.6 Å². The molecule has 0 radical (unpaired) electrons. The molecule has 76 valence electrons. The Morgan fingerprint density at radius 2 is 1.87 bits per heavy atom. The van der Waals surface area contributed by atoms with Gasteiger partial charge in [-0.25, -0.2) is 9.98 Å². The van der Waals surface area contributed by atoms with Gasteiger partial charge in [0.15, 0.2) is 0 Å². The molecule has 0 aromatic heterocycles. The Hall–Kier alpha value is -2.16. The van der Waals surface area contributed by atoms with Crippen LogP contribution in [-0.4, -0.2) is 12.1 Å². The summed E-state index contributed by atoms with van der Waals surface area (Å²) in [6, 6.07) is 0. The van der Waals surface area contributed by atoms with Crippen molar-refractivity contribution >= 4 is 12.1 Å². The molecule has 0 spiro atoms. The molecule has 15 heavy (non-hydrogen) atoms. The minimum Gasteiger partial charge on any atom is -0.455 e. The van der Waals surface area contributed by atoms with E-state index < -0.39 is 0 Å². The summed E-state index contributed by atoms with van der Waals surface area (Å²) in [4.78, 5) is 7.86.